The smallest absolute Gasteiger partial charge is 0.265 e. The Balaban J connectivity index is 1.73. The average molecular weight is 283 g/mol. The summed E-state index contributed by atoms with van der Waals surface area (Å²) in [5, 5.41) is 9.65. The molecule has 2 aromatic rings. The second-order valence-electron chi connectivity index (χ2n) is 5.20. The highest BCUT2D eigenvalue weighted by Gasteiger charge is 2.30. The molecule has 1 heterocycles. The van der Waals surface area contributed by atoms with Gasteiger partial charge in [0, 0.05) is 11.7 Å². The van der Waals surface area contributed by atoms with Gasteiger partial charge in [-0.05, 0) is 37.1 Å². The topological polar surface area (TPSA) is 49.8 Å². The van der Waals surface area contributed by atoms with Gasteiger partial charge in [0.25, 0.3) is 5.91 Å². The third-order valence-corrected chi connectivity index (χ3v) is 3.69. The Morgan fingerprint density at radius 1 is 1.24 bits per heavy atom. The maximum atomic E-state index is 12.4. The van der Waals surface area contributed by atoms with Crippen molar-refractivity contribution in [2.75, 3.05) is 11.5 Å². The molecule has 4 heteroatoms. The summed E-state index contributed by atoms with van der Waals surface area (Å²) in [5.74, 6) is 0.266. The molecule has 0 aromatic heterocycles. The van der Waals surface area contributed by atoms with Crippen LogP contribution in [0.4, 0.5) is 5.69 Å². The van der Waals surface area contributed by atoms with Gasteiger partial charge >= 0.3 is 0 Å². The van der Waals surface area contributed by atoms with Crippen LogP contribution in [0, 0.1) is 0 Å². The summed E-state index contributed by atoms with van der Waals surface area (Å²) < 4.78 is 5.43. The number of phenols is 1. The van der Waals surface area contributed by atoms with E-state index in [0.717, 1.165) is 12.1 Å². The number of carbonyl (C=O) groups is 1. The van der Waals surface area contributed by atoms with Gasteiger partial charge in [-0.25, -0.2) is 0 Å². The molecule has 0 fully saturated rings. The third-order valence-electron chi connectivity index (χ3n) is 3.69. The van der Waals surface area contributed by atoms with Crippen molar-refractivity contribution in [3.8, 4) is 11.5 Å². The lowest BCUT2D eigenvalue weighted by atomic mass is 10.1. The van der Waals surface area contributed by atoms with E-state index in [1.807, 2.05) is 31.2 Å². The molecule has 1 aliphatic rings. The van der Waals surface area contributed by atoms with Crippen LogP contribution in [0.1, 0.15) is 12.5 Å². The fourth-order valence-electron chi connectivity index (χ4n) is 2.73. The Hall–Kier alpha value is -2.49. The minimum absolute atomic E-state index is 0.0418. The minimum atomic E-state index is -0.101. The van der Waals surface area contributed by atoms with E-state index in [-0.39, 0.29) is 24.3 Å². The van der Waals surface area contributed by atoms with Crippen molar-refractivity contribution in [3.05, 3.63) is 54.1 Å². The lowest BCUT2D eigenvalue weighted by Gasteiger charge is -2.22. The fourth-order valence-corrected chi connectivity index (χ4v) is 2.73. The molecule has 0 bridgehead atoms. The number of hydrogen-bond donors (Lipinski definition) is 1. The molecule has 0 aliphatic carbocycles. The quantitative estimate of drug-likeness (QED) is 0.942. The normalized spacial score (nSPS) is 16.6. The lowest BCUT2D eigenvalue weighted by molar-refractivity contribution is -0.120. The Labute approximate surface area is 123 Å². The first kappa shape index (κ1) is 13.5. The van der Waals surface area contributed by atoms with Crippen LogP contribution in [0.2, 0.25) is 0 Å². The van der Waals surface area contributed by atoms with Gasteiger partial charge in [-0.2, -0.15) is 0 Å². The van der Waals surface area contributed by atoms with E-state index in [4.69, 9.17) is 4.74 Å². The van der Waals surface area contributed by atoms with E-state index < -0.39 is 0 Å². The van der Waals surface area contributed by atoms with Crippen molar-refractivity contribution < 1.29 is 14.6 Å². The second-order valence-corrected chi connectivity index (χ2v) is 5.20. The van der Waals surface area contributed by atoms with Gasteiger partial charge < -0.3 is 14.7 Å². The number of nitrogens with zero attached hydrogens (tertiary/aromatic N) is 1. The second kappa shape index (κ2) is 5.48. The van der Waals surface area contributed by atoms with Crippen molar-refractivity contribution in [1.82, 2.24) is 0 Å². The molecule has 3 rings (SSSR count). The standard InChI is InChI=1S/C17H17NO3/c1-12-10-13-6-2-3-7-14(13)18(12)17(20)11-21-16-9-5-4-8-15(16)19/h2-9,12,19H,10-11H2,1H3. The Morgan fingerprint density at radius 3 is 2.76 bits per heavy atom. The number of aromatic hydroxyl groups is 1. The zero-order valence-corrected chi connectivity index (χ0v) is 11.8. The van der Waals surface area contributed by atoms with Gasteiger partial charge in [-0.3, -0.25) is 4.79 Å². The van der Waals surface area contributed by atoms with Crippen molar-refractivity contribution in [2.45, 2.75) is 19.4 Å². The van der Waals surface area contributed by atoms with Gasteiger partial charge in [-0.1, -0.05) is 30.3 Å². The van der Waals surface area contributed by atoms with E-state index in [9.17, 15) is 9.90 Å². The molecule has 0 radical (unpaired) electrons. The average Bonchev–Trinajstić information content (AvgIpc) is 2.82. The largest absolute Gasteiger partial charge is 0.504 e. The molecule has 2 aromatic carbocycles. The predicted octanol–water partition coefficient (Wildman–Crippen LogP) is 2.75. The monoisotopic (exact) mass is 283 g/mol. The first-order chi connectivity index (χ1) is 10.2. The van der Waals surface area contributed by atoms with Crippen LogP contribution < -0.4 is 9.64 Å². The van der Waals surface area contributed by atoms with Crippen molar-refractivity contribution >= 4 is 11.6 Å². The molecule has 1 N–H and O–H groups in total. The Bertz CT molecular complexity index is 669. The van der Waals surface area contributed by atoms with Crippen LogP contribution in [0.3, 0.4) is 0 Å². The molecule has 0 saturated heterocycles. The van der Waals surface area contributed by atoms with Gasteiger partial charge in [0.1, 0.15) is 0 Å². The molecule has 0 spiro atoms. The third kappa shape index (κ3) is 2.57. The first-order valence-corrected chi connectivity index (χ1v) is 6.97. The number of para-hydroxylation sites is 3. The summed E-state index contributed by atoms with van der Waals surface area (Å²) in [6.07, 6.45) is 0.860. The van der Waals surface area contributed by atoms with Gasteiger partial charge in [0.05, 0.1) is 0 Å². The zero-order valence-electron chi connectivity index (χ0n) is 11.8. The Kier molecular flexibility index (Phi) is 3.52. The number of hydrogen-bond acceptors (Lipinski definition) is 3. The molecular formula is C17H17NO3. The number of benzene rings is 2. The van der Waals surface area contributed by atoms with E-state index in [2.05, 4.69) is 0 Å². The maximum absolute atomic E-state index is 12.4. The highest BCUT2D eigenvalue weighted by atomic mass is 16.5. The summed E-state index contributed by atoms with van der Waals surface area (Å²) in [6, 6.07) is 14.7. The molecule has 108 valence electrons. The molecule has 4 nitrogen and oxygen atoms in total. The maximum Gasteiger partial charge on any atom is 0.265 e. The van der Waals surface area contributed by atoms with Crippen molar-refractivity contribution in [1.29, 1.82) is 0 Å². The highest BCUT2D eigenvalue weighted by Crippen LogP contribution is 2.32. The fraction of sp³-hybridized carbons (Fsp3) is 0.235. The molecule has 1 amide bonds. The first-order valence-electron chi connectivity index (χ1n) is 6.97. The van der Waals surface area contributed by atoms with Crippen LogP contribution in [-0.4, -0.2) is 23.7 Å². The van der Waals surface area contributed by atoms with E-state index in [1.54, 1.807) is 23.1 Å². The Morgan fingerprint density at radius 2 is 1.95 bits per heavy atom. The van der Waals surface area contributed by atoms with Crippen LogP contribution >= 0.6 is 0 Å². The molecule has 21 heavy (non-hydrogen) atoms. The van der Waals surface area contributed by atoms with Gasteiger partial charge in [0.2, 0.25) is 0 Å². The van der Waals surface area contributed by atoms with Gasteiger partial charge in [0.15, 0.2) is 18.1 Å². The van der Waals surface area contributed by atoms with Crippen LogP contribution in [0.15, 0.2) is 48.5 Å². The summed E-state index contributed by atoms with van der Waals surface area (Å²) in [5.41, 5.74) is 2.14. The summed E-state index contributed by atoms with van der Waals surface area (Å²) in [7, 11) is 0. The minimum Gasteiger partial charge on any atom is -0.504 e. The number of anilines is 1. The summed E-state index contributed by atoms with van der Waals surface area (Å²) >= 11 is 0. The van der Waals surface area contributed by atoms with Crippen molar-refractivity contribution in [3.63, 3.8) is 0 Å². The SMILES string of the molecule is CC1Cc2ccccc2N1C(=O)COc1ccccc1O. The van der Waals surface area contributed by atoms with Crippen LogP contribution in [0.5, 0.6) is 11.5 Å². The lowest BCUT2D eigenvalue weighted by Crippen LogP contribution is -2.39. The van der Waals surface area contributed by atoms with E-state index in [1.165, 1.54) is 11.6 Å². The van der Waals surface area contributed by atoms with Crippen molar-refractivity contribution in [2.24, 2.45) is 0 Å². The molecule has 1 unspecified atom stereocenters. The molecular weight excluding hydrogens is 266 g/mol. The summed E-state index contributed by atoms with van der Waals surface area (Å²) in [6.45, 7) is 1.94. The molecule has 0 saturated carbocycles. The molecule has 1 aliphatic heterocycles. The predicted molar refractivity (Wildman–Crippen MR) is 80.7 cm³/mol. The zero-order chi connectivity index (χ0) is 14.8. The van der Waals surface area contributed by atoms with Crippen LogP contribution in [-0.2, 0) is 11.2 Å². The van der Waals surface area contributed by atoms with Crippen LogP contribution in [0.25, 0.3) is 0 Å². The number of carbonyl (C=O) groups excluding carboxylic acids is 1. The van der Waals surface area contributed by atoms with E-state index in [0.29, 0.717) is 5.75 Å². The highest BCUT2D eigenvalue weighted by molar-refractivity contribution is 5.97. The van der Waals surface area contributed by atoms with E-state index >= 15 is 0 Å². The number of amides is 1. The molecule has 1 atom stereocenters. The number of ether oxygens (including phenoxy) is 1. The summed E-state index contributed by atoms with van der Waals surface area (Å²) in [4.78, 5) is 14.2. The number of fused-ring (bicyclic) bond motifs is 1. The number of phenolic OH excluding ortho intramolecular Hbond substituents is 1. The number of rotatable bonds is 3. The van der Waals surface area contributed by atoms with Gasteiger partial charge in [-0.15, -0.1) is 0 Å².